The van der Waals surface area contributed by atoms with Gasteiger partial charge in [0.1, 0.15) is 11.4 Å². The third-order valence-electron chi connectivity index (χ3n) is 5.66. The minimum absolute atomic E-state index is 0.180. The molecule has 0 bridgehead atoms. The van der Waals surface area contributed by atoms with Crippen molar-refractivity contribution in [2.24, 2.45) is 0 Å². The number of aryl methyl sites for hydroxylation is 1. The summed E-state index contributed by atoms with van der Waals surface area (Å²) in [5, 5.41) is 1.77. The Hall–Kier alpha value is -1.13. The van der Waals surface area contributed by atoms with Crippen molar-refractivity contribution >= 4 is 36.7 Å². The fraction of sp³-hybridized carbons (Fsp3) is 0.600. The number of halogens is 1. The summed E-state index contributed by atoms with van der Waals surface area (Å²) in [6.45, 7) is 15.7. The van der Waals surface area contributed by atoms with Crippen LogP contribution in [0.5, 0.6) is 0 Å². The van der Waals surface area contributed by atoms with Crippen LogP contribution in [-0.4, -0.2) is 23.2 Å². The Morgan fingerprint density at radius 2 is 1.72 bits per heavy atom. The van der Waals surface area contributed by atoms with Crippen LogP contribution in [-0.2, 0) is 11.2 Å². The monoisotopic (exact) mass is 378 g/mol. The summed E-state index contributed by atoms with van der Waals surface area (Å²) >= 11 is 6.68. The standard InChI is InChI=1S/C20H31ClN2OSi/c1-13(2)25(14(3)4,15(5)6)23-11-10-18-19(21)17(9-8-16(7)24)12-22-20(18)23/h10-15H,8-9H2,1-7H3. The molecule has 25 heavy (non-hydrogen) atoms. The molecule has 0 aromatic carbocycles. The normalized spacial score (nSPS) is 12.8. The summed E-state index contributed by atoms with van der Waals surface area (Å²) in [5.74, 6) is 0.180. The van der Waals surface area contributed by atoms with Gasteiger partial charge in [0, 0.05) is 18.0 Å². The predicted molar refractivity (Wildman–Crippen MR) is 110 cm³/mol. The quantitative estimate of drug-likeness (QED) is 0.535. The van der Waals surface area contributed by atoms with Gasteiger partial charge in [0.25, 0.3) is 0 Å². The highest BCUT2D eigenvalue weighted by molar-refractivity contribution is 6.82. The van der Waals surface area contributed by atoms with Gasteiger partial charge in [-0.25, -0.2) is 4.98 Å². The molecule has 0 radical (unpaired) electrons. The van der Waals surface area contributed by atoms with E-state index in [0.717, 1.165) is 21.6 Å². The van der Waals surface area contributed by atoms with Crippen LogP contribution in [0.15, 0.2) is 18.5 Å². The molecule has 2 aromatic rings. The molecule has 0 aliphatic rings. The second-order valence-electron chi connectivity index (χ2n) is 8.07. The van der Waals surface area contributed by atoms with Crippen molar-refractivity contribution in [1.82, 2.24) is 9.22 Å². The number of carbonyl (C=O) groups is 1. The highest BCUT2D eigenvalue weighted by Gasteiger charge is 2.46. The second-order valence-corrected chi connectivity index (χ2v) is 14.2. The lowest BCUT2D eigenvalue weighted by Crippen LogP contribution is -2.51. The van der Waals surface area contributed by atoms with Crippen molar-refractivity contribution in [3.63, 3.8) is 0 Å². The van der Waals surface area contributed by atoms with E-state index in [1.807, 2.05) is 6.20 Å². The zero-order valence-corrected chi connectivity index (χ0v) is 18.3. The van der Waals surface area contributed by atoms with E-state index in [0.29, 0.717) is 29.5 Å². The van der Waals surface area contributed by atoms with Crippen molar-refractivity contribution in [2.75, 3.05) is 0 Å². The highest BCUT2D eigenvalue weighted by atomic mass is 35.5. The number of ketones is 1. The molecule has 0 aliphatic heterocycles. The van der Waals surface area contributed by atoms with Gasteiger partial charge in [-0.05, 0) is 47.8 Å². The second kappa shape index (κ2) is 7.63. The van der Waals surface area contributed by atoms with Crippen molar-refractivity contribution in [3.05, 3.63) is 29.0 Å². The van der Waals surface area contributed by atoms with Crippen LogP contribution in [0, 0.1) is 0 Å². The summed E-state index contributed by atoms with van der Waals surface area (Å²) in [5.41, 5.74) is 3.76. The SMILES string of the molecule is CC(=O)CCc1cnc2c(ccn2[Si](C(C)C)(C(C)C)C(C)C)c1Cl. The van der Waals surface area contributed by atoms with Crippen LogP contribution in [0.1, 0.15) is 60.5 Å². The maximum absolute atomic E-state index is 11.3. The van der Waals surface area contributed by atoms with E-state index >= 15 is 0 Å². The number of Topliss-reactive ketones (excluding diaryl/α,β-unsaturated/α-hetero) is 1. The van der Waals surface area contributed by atoms with Gasteiger partial charge in [-0.3, -0.25) is 0 Å². The molecule has 5 heteroatoms. The van der Waals surface area contributed by atoms with Gasteiger partial charge in [0.15, 0.2) is 8.24 Å². The molecule has 138 valence electrons. The third kappa shape index (κ3) is 3.43. The highest BCUT2D eigenvalue weighted by Crippen LogP contribution is 2.44. The zero-order chi connectivity index (χ0) is 18.9. The van der Waals surface area contributed by atoms with Crippen LogP contribution >= 0.6 is 11.6 Å². The maximum Gasteiger partial charge on any atom is 0.171 e. The summed E-state index contributed by atoms with van der Waals surface area (Å²) in [6, 6.07) is 2.11. The largest absolute Gasteiger partial charge is 0.359 e. The molecular weight excluding hydrogens is 348 g/mol. The molecule has 0 unspecified atom stereocenters. The molecule has 0 aliphatic carbocycles. The van der Waals surface area contributed by atoms with Crippen LogP contribution < -0.4 is 0 Å². The van der Waals surface area contributed by atoms with Gasteiger partial charge in [-0.2, -0.15) is 0 Å². The van der Waals surface area contributed by atoms with Crippen LogP contribution in [0.2, 0.25) is 21.6 Å². The number of carbonyl (C=O) groups excluding carboxylic acids is 1. The zero-order valence-electron chi connectivity index (χ0n) is 16.6. The van der Waals surface area contributed by atoms with Gasteiger partial charge >= 0.3 is 0 Å². The van der Waals surface area contributed by atoms with E-state index in [-0.39, 0.29) is 5.78 Å². The fourth-order valence-electron chi connectivity index (χ4n) is 4.73. The Balaban J connectivity index is 2.64. The third-order valence-corrected chi connectivity index (χ3v) is 12.8. The lowest BCUT2D eigenvalue weighted by atomic mass is 10.1. The molecule has 0 spiro atoms. The van der Waals surface area contributed by atoms with Gasteiger partial charge in [-0.15, -0.1) is 0 Å². The topological polar surface area (TPSA) is 34.9 Å². The molecule has 0 atom stereocenters. The number of pyridine rings is 1. The molecule has 2 aromatic heterocycles. The van der Waals surface area contributed by atoms with E-state index in [4.69, 9.17) is 16.6 Å². The molecule has 0 amide bonds. The van der Waals surface area contributed by atoms with Crippen LogP contribution in [0.25, 0.3) is 11.0 Å². The van der Waals surface area contributed by atoms with E-state index in [1.165, 1.54) is 0 Å². The molecule has 0 fully saturated rings. The van der Waals surface area contributed by atoms with E-state index < -0.39 is 8.24 Å². The number of nitrogens with zero attached hydrogens (tertiary/aromatic N) is 2. The van der Waals surface area contributed by atoms with E-state index in [2.05, 4.69) is 58.0 Å². The van der Waals surface area contributed by atoms with Crippen molar-refractivity contribution in [3.8, 4) is 0 Å². The number of rotatable bonds is 7. The molecule has 2 rings (SSSR count). The van der Waals surface area contributed by atoms with Gasteiger partial charge < -0.3 is 9.03 Å². The van der Waals surface area contributed by atoms with Crippen molar-refractivity contribution in [1.29, 1.82) is 0 Å². The smallest absolute Gasteiger partial charge is 0.171 e. The van der Waals surface area contributed by atoms with Crippen molar-refractivity contribution < 1.29 is 4.79 Å². The molecule has 0 saturated heterocycles. The van der Waals surface area contributed by atoms with Crippen LogP contribution in [0.3, 0.4) is 0 Å². The molecule has 0 N–H and O–H groups in total. The number of fused-ring (bicyclic) bond motifs is 1. The summed E-state index contributed by atoms with van der Waals surface area (Å²) < 4.78 is 2.48. The molecule has 0 saturated carbocycles. The summed E-state index contributed by atoms with van der Waals surface area (Å²) in [4.78, 5) is 16.1. The van der Waals surface area contributed by atoms with E-state index in [9.17, 15) is 4.79 Å². The first-order valence-corrected chi connectivity index (χ1v) is 11.8. The Kier molecular flexibility index (Phi) is 6.16. The van der Waals surface area contributed by atoms with E-state index in [1.54, 1.807) is 6.92 Å². The van der Waals surface area contributed by atoms with Crippen LogP contribution in [0.4, 0.5) is 0 Å². The predicted octanol–water partition coefficient (Wildman–Crippen LogP) is 6.23. The molecular formula is C20H31ClN2OSi. The fourth-order valence-corrected chi connectivity index (χ4v) is 11.6. The average molecular weight is 379 g/mol. The van der Waals surface area contributed by atoms with Gasteiger partial charge in [0.05, 0.1) is 5.02 Å². The first-order chi connectivity index (χ1) is 11.6. The first kappa shape index (κ1) is 20.2. The number of hydrogen-bond donors (Lipinski definition) is 0. The molecule has 3 nitrogen and oxygen atoms in total. The minimum Gasteiger partial charge on any atom is -0.359 e. The summed E-state index contributed by atoms with van der Waals surface area (Å²) in [6.07, 6.45) is 5.23. The lowest BCUT2D eigenvalue weighted by Gasteiger charge is -2.44. The summed E-state index contributed by atoms with van der Waals surface area (Å²) in [7, 11) is -1.85. The Labute approximate surface area is 157 Å². The Morgan fingerprint density at radius 1 is 1.16 bits per heavy atom. The lowest BCUT2D eigenvalue weighted by molar-refractivity contribution is -0.116. The number of hydrogen-bond acceptors (Lipinski definition) is 2. The van der Waals surface area contributed by atoms with Gasteiger partial charge in [-0.1, -0.05) is 53.1 Å². The minimum atomic E-state index is -1.85. The Bertz CT molecular complexity index is 743. The Morgan fingerprint density at radius 3 is 2.20 bits per heavy atom. The van der Waals surface area contributed by atoms with Crippen molar-refractivity contribution in [2.45, 2.75) is 77.9 Å². The van der Waals surface area contributed by atoms with Gasteiger partial charge in [0.2, 0.25) is 0 Å². The molecule has 2 heterocycles. The first-order valence-electron chi connectivity index (χ1n) is 9.28. The average Bonchev–Trinajstić information content (AvgIpc) is 2.91. The maximum atomic E-state index is 11.3. The number of aromatic nitrogens is 2.